The van der Waals surface area contributed by atoms with Crippen molar-refractivity contribution in [1.82, 2.24) is 9.29 Å². The van der Waals surface area contributed by atoms with Crippen LogP contribution >= 0.6 is 11.3 Å². The van der Waals surface area contributed by atoms with E-state index in [1.54, 1.807) is 42.7 Å². The molecule has 1 aromatic heterocycles. The fourth-order valence-corrected chi connectivity index (χ4v) is 5.48. The fourth-order valence-electron chi connectivity index (χ4n) is 3.17. The van der Waals surface area contributed by atoms with Crippen molar-refractivity contribution in [2.24, 2.45) is 0 Å². The number of sulfonamides is 1. The molecular formula is C20H21N3O3S2. The van der Waals surface area contributed by atoms with Crippen LogP contribution in [0.4, 0.5) is 5.13 Å². The molecule has 28 heavy (non-hydrogen) atoms. The van der Waals surface area contributed by atoms with Gasteiger partial charge in [0.05, 0.1) is 17.7 Å². The quantitative estimate of drug-likeness (QED) is 0.640. The molecule has 1 aliphatic heterocycles. The Bertz CT molecular complexity index is 1030. The molecule has 2 aromatic carbocycles. The first kappa shape index (κ1) is 18.9. The van der Waals surface area contributed by atoms with Gasteiger partial charge in [-0.2, -0.15) is 4.31 Å². The summed E-state index contributed by atoms with van der Waals surface area (Å²) in [7, 11) is -1.94. The van der Waals surface area contributed by atoms with Crippen LogP contribution in [0.1, 0.15) is 0 Å². The number of nitrogens with zero attached hydrogens (tertiary/aromatic N) is 3. The van der Waals surface area contributed by atoms with Crippen molar-refractivity contribution in [2.45, 2.75) is 4.90 Å². The van der Waals surface area contributed by atoms with E-state index in [-0.39, 0.29) is 0 Å². The third kappa shape index (κ3) is 3.76. The highest BCUT2D eigenvalue weighted by atomic mass is 32.2. The number of hydrogen-bond acceptors (Lipinski definition) is 6. The largest absolute Gasteiger partial charge is 0.497 e. The van der Waals surface area contributed by atoms with E-state index >= 15 is 0 Å². The molecule has 0 N–H and O–H groups in total. The second-order valence-electron chi connectivity index (χ2n) is 6.45. The van der Waals surface area contributed by atoms with Gasteiger partial charge in [0.25, 0.3) is 0 Å². The van der Waals surface area contributed by atoms with E-state index in [1.807, 2.05) is 35.7 Å². The van der Waals surface area contributed by atoms with Gasteiger partial charge < -0.3 is 9.64 Å². The predicted octanol–water partition coefficient (Wildman–Crippen LogP) is 3.33. The van der Waals surface area contributed by atoms with E-state index in [4.69, 9.17) is 9.72 Å². The molecule has 2 heterocycles. The summed E-state index contributed by atoms with van der Waals surface area (Å²) in [6.45, 7) is 2.12. The normalized spacial score (nSPS) is 15.5. The number of thiazole rings is 1. The molecule has 1 aliphatic rings. The predicted molar refractivity (Wildman–Crippen MR) is 112 cm³/mol. The lowest BCUT2D eigenvalue weighted by Crippen LogP contribution is -2.48. The Balaban J connectivity index is 1.44. The van der Waals surface area contributed by atoms with Crippen molar-refractivity contribution < 1.29 is 13.2 Å². The van der Waals surface area contributed by atoms with Crippen molar-refractivity contribution >= 4 is 26.5 Å². The first-order valence-corrected chi connectivity index (χ1v) is 11.3. The Kier molecular flexibility index (Phi) is 5.34. The van der Waals surface area contributed by atoms with Crippen molar-refractivity contribution in [2.75, 3.05) is 38.2 Å². The first-order valence-electron chi connectivity index (χ1n) is 8.98. The lowest BCUT2D eigenvalue weighted by Gasteiger charge is -2.33. The van der Waals surface area contributed by atoms with Gasteiger partial charge >= 0.3 is 0 Å². The van der Waals surface area contributed by atoms with Gasteiger partial charge in [-0.1, -0.05) is 30.3 Å². The molecule has 0 amide bonds. The van der Waals surface area contributed by atoms with E-state index in [0.29, 0.717) is 36.8 Å². The van der Waals surface area contributed by atoms with Crippen molar-refractivity contribution in [3.05, 3.63) is 60.0 Å². The molecule has 0 atom stereocenters. The van der Waals surface area contributed by atoms with Gasteiger partial charge in [0.2, 0.25) is 10.0 Å². The molecule has 0 saturated carbocycles. The molecule has 0 bridgehead atoms. The second-order valence-corrected chi connectivity index (χ2v) is 9.22. The third-order valence-electron chi connectivity index (χ3n) is 4.77. The summed E-state index contributed by atoms with van der Waals surface area (Å²) in [6.07, 6.45) is 0. The summed E-state index contributed by atoms with van der Waals surface area (Å²) in [4.78, 5) is 7.18. The maximum absolute atomic E-state index is 12.9. The first-order chi connectivity index (χ1) is 13.6. The average Bonchev–Trinajstić information content (AvgIpc) is 3.25. The van der Waals surface area contributed by atoms with E-state index in [9.17, 15) is 8.42 Å². The molecule has 146 valence electrons. The molecule has 0 radical (unpaired) electrons. The minimum Gasteiger partial charge on any atom is -0.497 e. The van der Waals surface area contributed by atoms with Crippen molar-refractivity contribution in [3.63, 3.8) is 0 Å². The van der Waals surface area contributed by atoms with Crippen LogP contribution in [-0.4, -0.2) is 51.0 Å². The molecule has 6 nitrogen and oxygen atoms in total. The molecule has 8 heteroatoms. The lowest BCUT2D eigenvalue weighted by atomic mass is 10.2. The average molecular weight is 416 g/mol. The number of rotatable bonds is 5. The second kappa shape index (κ2) is 7.90. The van der Waals surface area contributed by atoms with Gasteiger partial charge in [0.1, 0.15) is 5.75 Å². The van der Waals surface area contributed by atoms with Crippen molar-refractivity contribution in [3.8, 4) is 17.0 Å². The number of aromatic nitrogens is 1. The maximum atomic E-state index is 12.9. The molecule has 3 aromatic rings. The summed E-state index contributed by atoms with van der Waals surface area (Å²) in [5, 5.41) is 2.98. The summed E-state index contributed by atoms with van der Waals surface area (Å²) >= 11 is 1.59. The molecule has 0 aliphatic carbocycles. The van der Waals surface area contributed by atoms with Gasteiger partial charge in [-0.3, -0.25) is 0 Å². The van der Waals surface area contributed by atoms with Crippen LogP contribution in [0.25, 0.3) is 11.3 Å². The van der Waals surface area contributed by atoms with Gasteiger partial charge in [-0.15, -0.1) is 11.3 Å². The molecular weight excluding hydrogens is 394 g/mol. The van der Waals surface area contributed by atoms with Gasteiger partial charge in [0.15, 0.2) is 5.13 Å². The molecule has 1 fully saturated rings. The maximum Gasteiger partial charge on any atom is 0.243 e. The zero-order valence-electron chi connectivity index (χ0n) is 15.5. The van der Waals surface area contributed by atoms with E-state index in [1.165, 1.54) is 4.31 Å². The Morgan fingerprint density at radius 2 is 1.64 bits per heavy atom. The Morgan fingerprint density at radius 3 is 2.29 bits per heavy atom. The molecule has 1 saturated heterocycles. The summed E-state index contributed by atoms with van der Waals surface area (Å²) < 4.78 is 32.4. The summed E-state index contributed by atoms with van der Waals surface area (Å²) in [5.74, 6) is 0.641. The van der Waals surface area contributed by atoms with Crippen LogP contribution < -0.4 is 9.64 Å². The summed E-state index contributed by atoms with van der Waals surface area (Å²) in [5.41, 5.74) is 2.04. The Hall–Kier alpha value is -2.42. The fraction of sp³-hybridized carbons (Fsp3) is 0.250. The highest BCUT2D eigenvalue weighted by Crippen LogP contribution is 2.29. The number of methoxy groups -OCH3 is 1. The molecule has 4 rings (SSSR count). The van der Waals surface area contributed by atoms with Crippen molar-refractivity contribution in [1.29, 1.82) is 0 Å². The Morgan fingerprint density at radius 1 is 0.964 bits per heavy atom. The van der Waals surface area contributed by atoms with Gasteiger partial charge in [0, 0.05) is 37.1 Å². The van der Waals surface area contributed by atoms with E-state index in [2.05, 4.69) is 4.90 Å². The van der Waals surface area contributed by atoms with Crippen LogP contribution in [0.15, 0.2) is 64.9 Å². The third-order valence-corrected chi connectivity index (χ3v) is 7.58. The van der Waals surface area contributed by atoms with Crippen LogP contribution in [-0.2, 0) is 10.0 Å². The lowest BCUT2D eigenvalue weighted by molar-refractivity contribution is 0.384. The van der Waals surface area contributed by atoms with Gasteiger partial charge in [-0.05, 0) is 24.3 Å². The van der Waals surface area contributed by atoms with E-state index < -0.39 is 10.0 Å². The zero-order valence-corrected chi connectivity index (χ0v) is 17.1. The highest BCUT2D eigenvalue weighted by Gasteiger charge is 2.29. The monoisotopic (exact) mass is 415 g/mol. The standard InChI is InChI=1S/C20H21N3O3S2/c1-26-17-7-9-18(10-8-17)28(24,25)23-13-11-22(12-14-23)20-21-19(15-27-20)16-5-3-2-4-6-16/h2-10,15H,11-14H2,1H3. The number of piperazine rings is 1. The van der Waals surface area contributed by atoms with Crippen LogP contribution in [0.2, 0.25) is 0 Å². The number of hydrogen-bond donors (Lipinski definition) is 0. The summed E-state index contributed by atoms with van der Waals surface area (Å²) in [6, 6.07) is 16.6. The van der Waals surface area contributed by atoms with Crippen LogP contribution in [0.5, 0.6) is 5.75 Å². The number of anilines is 1. The number of ether oxygens (including phenoxy) is 1. The van der Waals surface area contributed by atoms with Crippen LogP contribution in [0.3, 0.4) is 0 Å². The SMILES string of the molecule is COc1ccc(S(=O)(=O)N2CCN(c3nc(-c4ccccc4)cs3)CC2)cc1. The highest BCUT2D eigenvalue weighted by molar-refractivity contribution is 7.89. The molecule has 0 spiro atoms. The van der Waals surface area contributed by atoms with Crippen LogP contribution in [0, 0.1) is 0 Å². The molecule has 0 unspecified atom stereocenters. The zero-order chi connectivity index (χ0) is 19.6. The van der Waals surface area contributed by atoms with Gasteiger partial charge in [-0.25, -0.2) is 13.4 Å². The minimum absolute atomic E-state index is 0.294. The smallest absolute Gasteiger partial charge is 0.243 e. The minimum atomic E-state index is -3.50. The topological polar surface area (TPSA) is 62.7 Å². The van der Waals surface area contributed by atoms with E-state index in [0.717, 1.165) is 16.4 Å². The number of benzene rings is 2. The Labute approximate surface area is 169 Å².